The van der Waals surface area contributed by atoms with E-state index >= 15 is 0 Å². The van der Waals surface area contributed by atoms with Crippen LogP contribution >= 0.6 is 0 Å². The molecule has 112 valence electrons. The maximum absolute atomic E-state index is 11.8. The molecule has 2 rings (SSSR count). The third kappa shape index (κ3) is 2.76. The molecule has 0 spiro atoms. The summed E-state index contributed by atoms with van der Waals surface area (Å²) in [6, 6.07) is 5.68. The quantitative estimate of drug-likeness (QED) is 0.845. The van der Waals surface area contributed by atoms with Gasteiger partial charge >= 0.3 is 0 Å². The summed E-state index contributed by atoms with van der Waals surface area (Å²) in [7, 11) is 0.850. The van der Waals surface area contributed by atoms with Gasteiger partial charge in [-0.15, -0.1) is 0 Å². The molecule has 2 atom stereocenters. The Morgan fingerprint density at radius 1 is 1.30 bits per heavy atom. The van der Waals surface area contributed by atoms with Crippen LogP contribution in [-0.2, 0) is 9.84 Å². The highest BCUT2D eigenvalue weighted by molar-refractivity contribution is 7.90. The van der Waals surface area contributed by atoms with E-state index in [0.717, 1.165) is 18.8 Å². The Morgan fingerprint density at radius 3 is 2.45 bits per heavy atom. The largest absolute Gasteiger partial charge is 0.396 e. The number of anilines is 2. The molecule has 5 nitrogen and oxygen atoms in total. The zero-order valence-electron chi connectivity index (χ0n) is 12.5. The van der Waals surface area contributed by atoms with Crippen LogP contribution in [-0.4, -0.2) is 52.8 Å². The summed E-state index contributed by atoms with van der Waals surface area (Å²) in [4.78, 5) is 4.61. The molecule has 2 unspecified atom stereocenters. The van der Waals surface area contributed by atoms with E-state index in [0.29, 0.717) is 17.6 Å². The molecule has 1 aliphatic rings. The smallest absolute Gasteiger partial charge is 0.177 e. The van der Waals surface area contributed by atoms with Crippen molar-refractivity contribution in [3.63, 3.8) is 0 Å². The fourth-order valence-electron chi connectivity index (χ4n) is 2.95. The van der Waals surface area contributed by atoms with E-state index in [1.807, 2.05) is 6.07 Å². The Hall–Kier alpha value is -1.27. The lowest BCUT2D eigenvalue weighted by Gasteiger charge is -2.24. The van der Waals surface area contributed by atoms with Gasteiger partial charge in [0, 0.05) is 25.4 Å². The molecule has 1 aliphatic heterocycles. The highest BCUT2D eigenvalue weighted by Crippen LogP contribution is 2.33. The number of para-hydroxylation sites is 1. The van der Waals surface area contributed by atoms with Gasteiger partial charge in [-0.3, -0.25) is 0 Å². The topological polar surface area (TPSA) is 66.6 Å². The number of sulfone groups is 1. The summed E-state index contributed by atoms with van der Waals surface area (Å²) < 4.78 is 23.5. The van der Waals surface area contributed by atoms with Gasteiger partial charge in [-0.25, -0.2) is 8.42 Å². The maximum atomic E-state index is 11.8. The van der Waals surface area contributed by atoms with Gasteiger partial charge in [-0.1, -0.05) is 13.0 Å². The first kappa shape index (κ1) is 15.1. The molecule has 0 aliphatic carbocycles. The van der Waals surface area contributed by atoms with E-state index in [4.69, 9.17) is 5.73 Å². The maximum Gasteiger partial charge on any atom is 0.177 e. The lowest BCUT2D eigenvalue weighted by molar-refractivity contribution is 0.266. The van der Waals surface area contributed by atoms with Crippen molar-refractivity contribution in [3.05, 3.63) is 18.2 Å². The standard InChI is InChI=1S/C14H23N3O2S/c1-10-8-17(9-12(10)16(2)3)11-6-5-7-13(14(11)15)20(4,18)19/h5-7,10,12H,8-9,15H2,1-4H3. The summed E-state index contributed by atoms with van der Waals surface area (Å²) in [5, 5.41) is 0. The molecule has 0 saturated carbocycles. The fourth-order valence-corrected chi connectivity index (χ4v) is 3.78. The second-order valence-corrected chi connectivity index (χ2v) is 7.86. The SMILES string of the molecule is CC1CN(c2cccc(S(C)(=O)=O)c2N)CC1N(C)C. The van der Waals surface area contributed by atoms with Crippen molar-refractivity contribution in [3.8, 4) is 0 Å². The van der Waals surface area contributed by atoms with Gasteiger partial charge in [-0.05, 0) is 32.1 Å². The predicted molar refractivity (Wildman–Crippen MR) is 82.8 cm³/mol. The summed E-state index contributed by atoms with van der Waals surface area (Å²) >= 11 is 0. The zero-order valence-corrected chi connectivity index (χ0v) is 13.3. The second kappa shape index (κ2) is 5.26. The van der Waals surface area contributed by atoms with Crippen molar-refractivity contribution >= 4 is 21.2 Å². The molecule has 0 amide bonds. The van der Waals surface area contributed by atoms with Crippen molar-refractivity contribution in [2.45, 2.75) is 17.9 Å². The molecular formula is C14H23N3O2S. The number of likely N-dealkylation sites (N-methyl/N-ethyl adjacent to an activating group) is 1. The number of rotatable bonds is 3. The van der Waals surface area contributed by atoms with Gasteiger partial charge in [0.2, 0.25) is 0 Å². The molecule has 1 saturated heterocycles. The third-order valence-corrected chi connectivity index (χ3v) is 5.17. The average Bonchev–Trinajstić information content (AvgIpc) is 2.70. The normalized spacial score (nSPS) is 23.6. The Morgan fingerprint density at radius 2 is 1.95 bits per heavy atom. The molecule has 6 heteroatoms. The Kier molecular flexibility index (Phi) is 3.97. The van der Waals surface area contributed by atoms with E-state index in [1.54, 1.807) is 12.1 Å². The summed E-state index contributed by atoms with van der Waals surface area (Å²) in [5.41, 5.74) is 7.27. The summed E-state index contributed by atoms with van der Waals surface area (Å²) in [6.07, 6.45) is 1.19. The molecule has 0 aromatic heterocycles. The van der Waals surface area contributed by atoms with Crippen LogP contribution in [0.2, 0.25) is 0 Å². The van der Waals surface area contributed by atoms with E-state index in [2.05, 4.69) is 30.8 Å². The molecule has 20 heavy (non-hydrogen) atoms. The Bertz CT molecular complexity index is 598. The van der Waals surface area contributed by atoms with Gasteiger partial charge in [0.1, 0.15) is 0 Å². The first-order chi connectivity index (χ1) is 9.21. The molecule has 0 bridgehead atoms. The van der Waals surface area contributed by atoms with Gasteiger partial charge in [-0.2, -0.15) is 0 Å². The van der Waals surface area contributed by atoms with Gasteiger partial charge in [0.25, 0.3) is 0 Å². The lowest BCUT2D eigenvalue weighted by atomic mass is 10.1. The van der Waals surface area contributed by atoms with Crippen molar-refractivity contribution in [2.75, 3.05) is 44.1 Å². The predicted octanol–water partition coefficient (Wildman–Crippen LogP) is 1.06. The monoisotopic (exact) mass is 297 g/mol. The van der Waals surface area contributed by atoms with Crippen LogP contribution in [0.25, 0.3) is 0 Å². The van der Waals surface area contributed by atoms with Crippen LogP contribution in [0.1, 0.15) is 6.92 Å². The molecule has 2 N–H and O–H groups in total. The van der Waals surface area contributed by atoms with Crippen LogP contribution in [0.3, 0.4) is 0 Å². The molecule has 1 aromatic rings. The molecular weight excluding hydrogens is 274 g/mol. The lowest BCUT2D eigenvalue weighted by Crippen LogP contribution is -2.34. The van der Waals surface area contributed by atoms with E-state index < -0.39 is 9.84 Å². The average molecular weight is 297 g/mol. The minimum Gasteiger partial charge on any atom is -0.396 e. The van der Waals surface area contributed by atoms with Crippen LogP contribution in [0.4, 0.5) is 11.4 Å². The van der Waals surface area contributed by atoms with Crippen molar-refractivity contribution in [1.82, 2.24) is 4.90 Å². The number of hydrogen-bond acceptors (Lipinski definition) is 5. The van der Waals surface area contributed by atoms with Crippen LogP contribution in [0.5, 0.6) is 0 Å². The number of benzene rings is 1. The molecule has 1 heterocycles. The Balaban J connectivity index is 2.36. The van der Waals surface area contributed by atoms with Crippen LogP contribution < -0.4 is 10.6 Å². The second-order valence-electron chi connectivity index (χ2n) is 5.87. The summed E-state index contributed by atoms with van der Waals surface area (Å²) in [6.45, 7) is 3.97. The highest BCUT2D eigenvalue weighted by atomic mass is 32.2. The molecule has 1 aromatic carbocycles. The van der Waals surface area contributed by atoms with E-state index in [9.17, 15) is 8.42 Å². The molecule has 1 fully saturated rings. The molecule has 0 radical (unpaired) electrons. The number of nitrogens with two attached hydrogens (primary N) is 1. The summed E-state index contributed by atoms with van der Waals surface area (Å²) in [5.74, 6) is 0.520. The van der Waals surface area contributed by atoms with Crippen LogP contribution in [0.15, 0.2) is 23.1 Å². The Labute approximate surface area is 121 Å². The first-order valence-electron chi connectivity index (χ1n) is 6.71. The van der Waals surface area contributed by atoms with Crippen molar-refractivity contribution in [1.29, 1.82) is 0 Å². The first-order valence-corrected chi connectivity index (χ1v) is 8.61. The zero-order chi connectivity index (χ0) is 15.1. The van der Waals surface area contributed by atoms with Crippen LogP contribution in [0, 0.1) is 5.92 Å². The van der Waals surface area contributed by atoms with Crippen molar-refractivity contribution < 1.29 is 8.42 Å². The number of nitrogens with zero attached hydrogens (tertiary/aromatic N) is 2. The van der Waals surface area contributed by atoms with E-state index in [1.165, 1.54) is 6.26 Å². The van der Waals surface area contributed by atoms with Gasteiger partial charge < -0.3 is 15.5 Å². The third-order valence-electron chi connectivity index (χ3n) is 4.02. The van der Waals surface area contributed by atoms with Gasteiger partial charge in [0.05, 0.1) is 16.3 Å². The number of nitrogen functional groups attached to an aromatic ring is 1. The van der Waals surface area contributed by atoms with Gasteiger partial charge in [0.15, 0.2) is 9.84 Å². The highest BCUT2D eigenvalue weighted by Gasteiger charge is 2.32. The minimum absolute atomic E-state index is 0.218. The van der Waals surface area contributed by atoms with Crippen molar-refractivity contribution in [2.24, 2.45) is 5.92 Å². The fraction of sp³-hybridized carbons (Fsp3) is 0.571. The van der Waals surface area contributed by atoms with E-state index in [-0.39, 0.29) is 4.90 Å². The minimum atomic E-state index is -3.29. The number of hydrogen-bond donors (Lipinski definition) is 1.